The Morgan fingerprint density at radius 1 is 0.933 bits per heavy atom. The molecular weight excluding hydrogens is 401 g/mol. The van der Waals surface area contributed by atoms with Crippen LogP contribution in [-0.4, -0.2) is 32.6 Å². The van der Waals surface area contributed by atoms with Gasteiger partial charge >= 0.3 is 7.60 Å². The van der Waals surface area contributed by atoms with E-state index < -0.39 is 7.60 Å². The summed E-state index contributed by atoms with van der Waals surface area (Å²) in [5.74, 6) is 1.14. The second kappa shape index (κ2) is 11.2. The minimum atomic E-state index is -3.99. The van der Waals surface area contributed by atoms with E-state index in [-0.39, 0.29) is 12.2 Å². The second-order valence-corrected chi connectivity index (χ2v) is 9.06. The summed E-state index contributed by atoms with van der Waals surface area (Å²) in [7, 11) is -3.99. The average molecular weight is 429 g/mol. The summed E-state index contributed by atoms with van der Waals surface area (Å²) < 4.78 is 16.5. The summed E-state index contributed by atoms with van der Waals surface area (Å²) in [6.45, 7) is 0.436. The lowest BCUT2D eigenvalue weighted by atomic mass is 10.1. The monoisotopic (exact) mass is 429 g/mol. The van der Waals surface area contributed by atoms with E-state index in [1.807, 2.05) is 36.4 Å². The van der Waals surface area contributed by atoms with E-state index in [2.05, 4.69) is 39.7 Å². The van der Waals surface area contributed by atoms with E-state index in [4.69, 9.17) is 14.3 Å². The largest absolute Gasteiger partial charge is 0.339 e. The van der Waals surface area contributed by atoms with Crippen LogP contribution in [0.4, 0.5) is 0 Å². The van der Waals surface area contributed by atoms with E-state index in [1.54, 1.807) is 0 Å². The SMILES string of the molecule is O=P(O)(O)CCCNC(c1ccccc1)c1noc(CCCCc2ccccc2)n1. The molecule has 3 rings (SSSR count). The Labute approximate surface area is 176 Å². The summed E-state index contributed by atoms with van der Waals surface area (Å²) in [6, 6.07) is 19.8. The minimum Gasteiger partial charge on any atom is -0.339 e. The Hall–Kier alpha value is -2.31. The summed E-state index contributed by atoms with van der Waals surface area (Å²) in [4.78, 5) is 22.6. The molecule has 2 aromatic carbocycles. The molecule has 0 fully saturated rings. The molecule has 7 nitrogen and oxygen atoms in total. The van der Waals surface area contributed by atoms with Crippen molar-refractivity contribution in [1.29, 1.82) is 0 Å². The second-order valence-electron chi connectivity index (χ2n) is 7.28. The van der Waals surface area contributed by atoms with Gasteiger partial charge in [0.15, 0.2) is 5.82 Å². The quantitative estimate of drug-likeness (QED) is 0.296. The summed E-state index contributed by atoms with van der Waals surface area (Å²) in [5, 5.41) is 7.45. The highest BCUT2D eigenvalue weighted by atomic mass is 31.2. The van der Waals surface area contributed by atoms with Crippen LogP contribution in [0.1, 0.15) is 48.1 Å². The molecule has 1 unspecified atom stereocenters. The molecule has 0 aliphatic heterocycles. The molecule has 1 aromatic heterocycles. The number of nitrogens with one attached hydrogen (secondary N) is 1. The van der Waals surface area contributed by atoms with Crippen molar-refractivity contribution in [2.75, 3.05) is 12.7 Å². The Balaban J connectivity index is 1.56. The first kappa shape index (κ1) is 22.4. The molecule has 0 saturated carbocycles. The van der Waals surface area contributed by atoms with Crippen molar-refractivity contribution in [2.45, 2.75) is 38.1 Å². The molecule has 0 spiro atoms. The van der Waals surface area contributed by atoms with Crippen LogP contribution in [0.15, 0.2) is 65.2 Å². The molecule has 0 radical (unpaired) electrons. The first-order valence-electron chi connectivity index (χ1n) is 10.2. The highest BCUT2D eigenvalue weighted by molar-refractivity contribution is 7.51. The molecule has 0 amide bonds. The number of nitrogens with zero attached hydrogens (tertiary/aromatic N) is 2. The highest BCUT2D eigenvalue weighted by Gasteiger charge is 2.20. The van der Waals surface area contributed by atoms with Crippen LogP contribution in [0.3, 0.4) is 0 Å². The number of unbranched alkanes of at least 4 members (excludes halogenated alkanes) is 1. The number of aromatic nitrogens is 2. The molecule has 30 heavy (non-hydrogen) atoms. The number of aryl methyl sites for hydroxylation is 2. The maximum absolute atomic E-state index is 11.1. The molecule has 3 aromatic rings. The van der Waals surface area contributed by atoms with E-state index >= 15 is 0 Å². The van der Waals surface area contributed by atoms with Gasteiger partial charge in [0, 0.05) is 6.42 Å². The molecule has 0 aliphatic carbocycles. The lowest BCUT2D eigenvalue weighted by Gasteiger charge is -2.16. The number of benzene rings is 2. The summed E-state index contributed by atoms with van der Waals surface area (Å²) in [5.41, 5.74) is 2.30. The summed E-state index contributed by atoms with van der Waals surface area (Å²) in [6.07, 6.45) is 3.96. The maximum atomic E-state index is 11.1. The topological polar surface area (TPSA) is 108 Å². The van der Waals surface area contributed by atoms with Crippen molar-refractivity contribution in [2.24, 2.45) is 0 Å². The predicted molar refractivity (Wildman–Crippen MR) is 115 cm³/mol. The lowest BCUT2D eigenvalue weighted by molar-refractivity contribution is 0.363. The fourth-order valence-electron chi connectivity index (χ4n) is 3.27. The Morgan fingerprint density at radius 3 is 2.30 bits per heavy atom. The zero-order chi connectivity index (χ0) is 21.2. The highest BCUT2D eigenvalue weighted by Crippen LogP contribution is 2.34. The van der Waals surface area contributed by atoms with Crippen molar-refractivity contribution in [1.82, 2.24) is 15.5 Å². The molecule has 3 N–H and O–H groups in total. The summed E-state index contributed by atoms with van der Waals surface area (Å²) >= 11 is 0. The molecule has 0 bridgehead atoms. The van der Waals surface area contributed by atoms with Gasteiger partial charge < -0.3 is 19.6 Å². The van der Waals surface area contributed by atoms with Crippen LogP contribution in [0.5, 0.6) is 0 Å². The molecule has 1 heterocycles. The first-order valence-corrected chi connectivity index (χ1v) is 12.0. The van der Waals surface area contributed by atoms with Crippen LogP contribution in [0.25, 0.3) is 0 Å². The molecule has 1 atom stereocenters. The Bertz CT molecular complexity index is 928. The van der Waals surface area contributed by atoms with Crippen molar-refractivity contribution >= 4 is 7.60 Å². The fraction of sp³-hybridized carbons (Fsp3) is 0.364. The van der Waals surface area contributed by atoms with Crippen LogP contribution in [0.2, 0.25) is 0 Å². The Morgan fingerprint density at radius 2 is 1.60 bits per heavy atom. The third kappa shape index (κ3) is 7.50. The third-order valence-corrected chi connectivity index (χ3v) is 5.70. The molecule has 8 heteroatoms. The van der Waals surface area contributed by atoms with Gasteiger partial charge in [0.1, 0.15) is 0 Å². The third-order valence-electron chi connectivity index (χ3n) is 4.80. The van der Waals surface area contributed by atoms with Crippen LogP contribution in [-0.2, 0) is 17.4 Å². The van der Waals surface area contributed by atoms with Crippen molar-refractivity contribution in [3.8, 4) is 0 Å². The van der Waals surface area contributed by atoms with E-state index in [0.717, 1.165) is 31.2 Å². The van der Waals surface area contributed by atoms with Gasteiger partial charge in [0.05, 0.1) is 12.2 Å². The van der Waals surface area contributed by atoms with E-state index in [9.17, 15) is 4.57 Å². The fourth-order valence-corrected chi connectivity index (χ4v) is 3.84. The van der Waals surface area contributed by atoms with Gasteiger partial charge in [-0.2, -0.15) is 4.98 Å². The van der Waals surface area contributed by atoms with Crippen LogP contribution >= 0.6 is 7.60 Å². The van der Waals surface area contributed by atoms with E-state index in [1.165, 1.54) is 5.56 Å². The van der Waals surface area contributed by atoms with Gasteiger partial charge in [0.2, 0.25) is 5.89 Å². The van der Waals surface area contributed by atoms with Gasteiger partial charge in [-0.1, -0.05) is 65.8 Å². The average Bonchev–Trinajstić information content (AvgIpc) is 3.20. The normalized spacial score (nSPS) is 12.7. The number of hydrogen-bond acceptors (Lipinski definition) is 5. The molecule has 0 aliphatic rings. The smallest absolute Gasteiger partial charge is 0.325 e. The number of hydrogen-bond donors (Lipinski definition) is 3. The van der Waals surface area contributed by atoms with Gasteiger partial charge in [0.25, 0.3) is 0 Å². The molecular formula is C22H28N3O4P. The number of rotatable bonds is 12. The van der Waals surface area contributed by atoms with Crippen molar-refractivity contribution in [3.05, 3.63) is 83.5 Å². The van der Waals surface area contributed by atoms with E-state index in [0.29, 0.717) is 24.7 Å². The lowest BCUT2D eigenvalue weighted by Crippen LogP contribution is -2.25. The van der Waals surface area contributed by atoms with Gasteiger partial charge in [-0.15, -0.1) is 0 Å². The maximum Gasteiger partial charge on any atom is 0.325 e. The van der Waals surface area contributed by atoms with Crippen molar-refractivity contribution < 1.29 is 18.9 Å². The molecule has 160 valence electrons. The predicted octanol–water partition coefficient (Wildman–Crippen LogP) is 3.88. The minimum absolute atomic E-state index is 0.152. The molecule has 0 saturated heterocycles. The van der Waals surface area contributed by atoms with Crippen molar-refractivity contribution in [3.63, 3.8) is 0 Å². The Kier molecular flexibility index (Phi) is 8.34. The zero-order valence-electron chi connectivity index (χ0n) is 16.9. The van der Waals surface area contributed by atoms with Gasteiger partial charge in [-0.25, -0.2) is 0 Å². The zero-order valence-corrected chi connectivity index (χ0v) is 17.7. The first-order chi connectivity index (χ1) is 14.5. The standard InChI is InChI=1S/C22H28N3O4P/c26-30(27,28)17-9-16-23-21(19-13-5-2-6-14-19)22-24-20(29-25-22)15-8-7-12-18-10-3-1-4-11-18/h1-6,10-11,13-14,21,23H,7-9,12,15-17H2,(H2,26,27,28). The van der Waals surface area contributed by atoms with Gasteiger partial charge in [-0.05, 0) is 43.4 Å². The van der Waals surface area contributed by atoms with Crippen LogP contribution in [0, 0.1) is 0 Å². The van der Waals surface area contributed by atoms with Gasteiger partial charge in [-0.3, -0.25) is 4.57 Å². The van der Waals surface area contributed by atoms with Crippen LogP contribution < -0.4 is 5.32 Å².